The summed E-state index contributed by atoms with van der Waals surface area (Å²) in [4.78, 5) is 37.2. The number of hydrogen-bond donors (Lipinski definition) is 1. The Kier molecular flexibility index (Phi) is 3.55. The Balaban J connectivity index is 1.45. The van der Waals surface area contributed by atoms with E-state index in [1.54, 1.807) is 24.3 Å². The highest BCUT2D eigenvalue weighted by Crippen LogP contribution is 2.38. The first-order chi connectivity index (χ1) is 16.5. The smallest absolute Gasteiger partial charge is 0.264 e. The molecule has 8 heteroatoms. The molecule has 34 heavy (non-hydrogen) atoms. The van der Waals surface area contributed by atoms with Gasteiger partial charge in [0, 0.05) is 22.8 Å². The lowest BCUT2D eigenvalue weighted by Gasteiger charge is -2.07. The Morgan fingerprint density at radius 3 is 2.38 bits per heavy atom. The quantitative estimate of drug-likeness (QED) is 0.353. The van der Waals surface area contributed by atoms with Crippen LogP contribution in [0.25, 0.3) is 55.6 Å². The van der Waals surface area contributed by atoms with Gasteiger partial charge < -0.3 is 4.98 Å². The van der Waals surface area contributed by atoms with Gasteiger partial charge in [-0.1, -0.05) is 0 Å². The molecule has 0 fully saturated rings. The zero-order valence-corrected chi connectivity index (χ0v) is 17.3. The fourth-order valence-corrected chi connectivity index (χ4v) is 4.70. The molecule has 0 atom stereocenters. The van der Waals surface area contributed by atoms with Crippen molar-refractivity contribution in [2.45, 2.75) is 0 Å². The Bertz CT molecular complexity index is 1880. The van der Waals surface area contributed by atoms with Crippen LogP contribution in [0.1, 0.15) is 20.7 Å². The van der Waals surface area contributed by atoms with Crippen molar-refractivity contribution in [3.05, 3.63) is 83.4 Å². The predicted octanol–water partition coefficient (Wildman–Crippen LogP) is 5.49. The molecule has 0 unspecified atom stereocenters. The van der Waals surface area contributed by atoms with Gasteiger partial charge in [-0.3, -0.25) is 14.2 Å². The fraction of sp³-hybridized carbons (Fsp3) is 0. The lowest BCUT2D eigenvalue weighted by Crippen LogP contribution is -2.05. The van der Waals surface area contributed by atoms with Crippen LogP contribution in [0.5, 0.6) is 0 Å². The maximum Gasteiger partial charge on any atom is 0.264 e. The van der Waals surface area contributed by atoms with E-state index in [9.17, 15) is 18.4 Å². The molecule has 0 saturated heterocycles. The van der Waals surface area contributed by atoms with Crippen LogP contribution in [0.2, 0.25) is 0 Å². The number of aromatic amines is 1. The molecule has 0 saturated carbocycles. The number of rotatable bonds is 2. The summed E-state index contributed by atoms with van der Waals surface area (Å²) in [5, 5.41) is 1.48. The molecule has 1 aliphatic heterocycles. The van der Waals surface area contributed by atoms with Crippen molar-refractivity contribution in [2.24, 2.45) is 0 Å². The largest absolute Gasteiger partial charge is 0.338 e. The second kappa shape index (κ2) is 6.41. The van der Waals surface area contributed by atoms with Gasteiger partial charge in [0.05, 0.1) is 27.6 Å². The SMILES string of the molecule is O=Cc1cc2cc3c(cc2cc1-c1nc2ccc(F)cc2[nH]1)C(=O)n1c-3nc2cc(F)ccc21. The normalized spacial score (nSPS) is 12.6. The first-order valence-corrected chi connectivity index (χ1v) is 10.5. The number of H-pyrrole nitrogens is 1. The minimum Gasteiger partial charge on any atom is -0.338 e. The molecule has 0 amide bonds. The number of fused-ring (bicyclic) bond motifs is 7. The first kappa shape index (κ1) is 18.8. The maximum absolute atomic E-state index is 13.7. The Hall–Kier alpha value is -4.72. The summed E-state index contributed by atoms with van der Waals surface area (Å²) in [7, 11) is 0. The van der Waals surface area contributed by atoms with Crippen LogP contribution in [0.4, 0.5) is 8.78 Å². The monoisotopic (exact) mass is 450 g/mol. The number of carbonyl (C=O) groups excluding carboxylic acids is 2. The van der Waals surface area contributed by atoms with E-state index in [1.165, 1.54) is 34.9 Å². The minimum absolute atomic E-state index is 0.249. The Morgan fingerprint density at radius 1 is 0.794 bits per heavy atom. The highest BCUT2D eigenvalue weighted by Gasteiger charge is 2.31. The predicted molar refractivity (Wildman–Crippen MR) is 123 cm³/mol. The third-order valence-corrected chi connectivity index (χ3v) is 6.26. The van der Waals surface area contributed by atoms with Crippen molar-refractivity contribution < 1.29 is 18.4 Å². The Morgan fingerprint density at radius 2 is 1.53 bits per heavy atom. The van der Waals surface area contributed by atoms with Crippen molar-refractivity contribution in [3.63, 3.8) is 0 Å². The number of aldehydes is 1. The van der Waals surface area contributed by atoms with Gasteiger partial charge in [0.25, 0.3) is 5.91 Å². The molecule has 162 valence electrons. The van der Waals surface area contributed by atoms with Crippen LogP contribution in [0.3, 0.4) is 0 Å². The maximum atomic E-state index is 13.7. The van der Waals surface area contributed by atoms with E-state index in [-0.39, 0.29) is 5.91 Å². The highest BCUT2D eigenvalue weighted by molar-refractivity contribution is 6.15. The molecule has 6 aromatic rings. The van der Waals surface area contributed by atoms with Gasteiger partial charge in [-0.05, 0) is 65.4 Å². The van der Waals surface area contributed by atoms with Crippen LogP contribution < -0.4 is 0 Å². The van der Waals surface area contributed by atoms with E-state index >= 15 is 0 Å². The molecule has 2 aromatic heterocycles. The average Bonchev–Trinajstić information content (AvgIpc) is 3.48. The number of hydrogen-bond acceptors (Lipinski definition) is 4. The summed E-state index contributed by atoms with van der Waals surface area (Å²) in [5.74, 6) is -0.192. The van der Waals surface area contributed by atoms with Gasteiger partial charge in [0.1, 0.15) is 23.3 Å². The van der Waals surface area contributed by atoms with Gasteiger partial charge in [-0.2, -0.15) is 0 Å². The molecule has 6 nitrogen and oxygen atoms in total. The van der Waals surface area contributed by atoms with E-state index < -0.39 is 11.6 Å². The van der Waals surface area contributed by atoms with Gasteiger partial charge >= 0.3 is 0 Å². The number of nitrogens with zero attached hydrogens (tertiary/aromatic N) is 3. The van der Waals surface area contributed by atoms with Crippen LogP contribution in [-0.2, 0) is 0 Å². The number of aromatic nitrogens is 4. The van der Waals surface area contributed by atoms with Crippen LogP contribution in [0.15, 0.2) is 60.7 Å². The first-order valence-electron chi connectivity index (χ1n) is 10.5. The number of nitrogens with one attached hydrogen (secondary N) is 1. The van der Waals surface area contributed by atoms with Gasteiger partial charge in [0.15, 0.2) is 6.29 Å². The standard InChI is InChI=1S/C26H12F2N4O2/c27-15-1-3-20-21(9-15)30-24(29-20)17-6-13-8-19-18(7-12(13)5-14(17)11-33)25-31-22-10-16(28)2-4-23(22)32(25)26(19)34/h1-11H,(H,29,30). The summed E-state index contributed by atoms with van der Waals surface area (Å²) >= 11 is 0. The zero-order valence-electron chi connectivity index (χ0n) is 17.3. The number of imidazole rings is 2. The summed E-state index contributed by atoms with van der Waals surface area (Å²) in [5.41, 5.74) is 4.06. The second-order valence-electron chi connectivity index (χ2n) is 8.26. The average molecular weight is 450 g/mol. The lowest BCUT2D eigenvalue weighted by molar-refractivity contribution is 0.0973. The van der Waals surface area contributed by atoms with Crippen LogP contribution in [-0.4, -0.2) is 31.7 Å². The topological polar surface area (TPSA) is 80.6 Å². The van der Waals surface area contributed by atoms with Crippen molar-refractivity contribution >= 4 is 45.0 Å². The molecule has 0 aliphatic carbocycles. The van der Waals surface area contributed by atoms with Gasteiger partial charge in [-0.15, -0.1) is 0 Å². The third-order valence-electron chi connectivity index (χ3n) is 6.26. The lowest BCUT2D eigenvalue weighted by atomic mass is 9.97. The van der Waals surface area contributed by atoms with E-state index in [4.69, 9.17) is 0 Å². The Labute approximate surface area is 189 Å². The van der Waals surface area contributed by atoms with Crippen molar-refractivity contribution in [1.82, 2.24) is 19.5 Å². The number of halogens is 2. The molecule has 4 aromatic carbocycles. The molecular weight excluding hydrogens is 438 g/mol. The van der Waals surface area contributed by atoms with E-state index in [2.05, 4.69) is 15.0 Å². The van der Waals surface area contributed by atoms with Crippen molar-refractivity contribution in [1.29, 1.82) is 0 Å². The molecule has 1 N–H and O–H groups in total. The van der Waals surface area contributed by atoms with E-state index in [0.29, 0.717) is 56.0 Å². The summed E-state index contributed by atoms with van der Waals surface area (Å²) in [6.07, 6.45) is 0.735. The summed E-state index contributed by atoms with van der Waals surface area (Å²) < 4.78 is 28.7. The zero-order chi connectivity index (χ0) is 23.1. The summed E-state index contributed by atoms with van der Waals surface area (Å²) in [6, 6.07) is 15.5. The molecule has 7 rings (SSSR count). The van der Waals surface area contributed by atoms with E-state index in [1.807, 2.05) is 6.07 Å². The number of benzene rings is 4. The molecule has 3 heterocycles. The molecule has 0 radical (unpaired) electrons. The van der Waals surface area contributed by atoms with Crippen LogP contribution >= 0.6 is 0 Å². The molecule has 0 bridgehead atoms. The highest BCUT2D eigenvalue weighted by atomic mass is 19.1. The second-order valence-corrected chi connectivity index (χ2v) is 8.26. The van der Waals surface area contributed by atoms with Crippen LogP contribution in [0, 0.1) is 11.6 Å². The molecule has 1 aliphatic rings. The molecule has 0 spiro atoms. The summed E-state index contributed by atoms with van der Waals surface area (Å²) in [6.45, 7) is 0. The van der Waals surface area contributed by atoms with Crippen molar-refractivity contribution in [3.8, 4) is 22.8 Å². The third kappa shape index (κ3) is 2.47. The number of carbonyl (C=O) groups is 2. The molecular formula is C26H12F2N4O2. The minimum atomic E-state index is -0.424. The van der Waals surface area contributed by atoms with Crippen molar-refractivity contribution in [2.75, 3.05) is 0 Å². The van der Waals surface area contributed by atoms with Gasteiger partial charge in [0.2, 0.25) is 0 Å². The van der Waals surface area contributed by atoms with E-state index in [0.717, 1.165) is 17.1 Å². The van der Waals surface area contributed by atoms with Gasteiger partial charge in [-0.25, -0.2) is 18.7 Å². The fourth-order valence-electron chi connectivity index (χ4n) is 4.70.